The first-order chi connectivity index (χ1) is 15.6. The van der Waals surface area contributed by atoms with Crippen molar-refractivity contribution in [2.75, 3.05) is 0 Å². The van der Waals surface area contributed by atoms with Crippen LogP contribution in [0.2, 0.25) is 0 Å². The average molecular weight is 455 g/mol. The number of fused-ring (bicyclic) bond motifs is 1. The fourth-order valence-electron chi connectivity index (χ4n) is 3.54. The van der Waals surface area contributed by atoms with Crippen LogP contribution in [-0.4, -0.2) is 22.2 Å². The highest BCUT2D eigenvalue weighted by atomic mass is 19.4. The number of benzene rings is 3. The smallest absolute Gasteiger partial charge is 0.416 e. The first-order valence-corrected chi connectivity index (χ1v) is 10.1. The minimum Gasteiger partial charge on any atom is -0.491 e. The highest BCUT2D eigenvalue weighted by molar-refractivity contribution is 6.07. The molecule has 0 amide bonds. The average Bonchev–Trinajstić information content (AvgIpc) is 3.13. The van der Waals surface area contributed by atoms with Gasteiger partial charge in [-0.05, 0) is 67.9 Å². The number of carbonyl (C=O) groups is 1. The molecule has 0 fully saturated rings. The van der Waals surface area contributed by atoms with E-state index in [0.717, 1.165) is 12.1 Å². The summed E-state index contributed by atoms with van der Waals surface area (Å²) in [6, 6.07) is 16.4. The number of rotatable bonds is 6. The van der Waals surface area contributed by atoms with Gasteiger partial charge >= 0.3 is 12.1 Å². The van der Waals surface area contributed by atoms with Gasteiger partial charge in [0.2, 0.25) is 0 Å². The molecule has 1 aromatic heterocycles. The summed E-state index contributed by atoms with van der Waals surface area (Å²) in [5, 5.41) is 10.3. The van der Waals surface area contributed by atoms with Crippen LogP contribution in [0.1, 0.15) is 29.9 Å². The molecule has 0 bridgehead atoms. The minimum atomic E-state index is -4.49. The van der Waals surface area contributed by atoms with Gasteiger partial charge in [0, 0.05) is 16.5 Å². The monoisotopic (exact) mass is 455 g/mol. The maximum atomic E-state index is 13.0. The number of halogens is 3. The first-order valence-electron chi connectivity index (χ1n) is 10.1. The van der Waals surface area contributed by atoms with Gasteiger partial charge < -0.3 is 19.6 Å². The van der Waals surface area contributed by atoms with Gasteiger partial charge in [-0.2, -0.15) is 13.2 Å². The summed E-state index contributed by atoms with van der Waals surface area (Å²) in [6.07, 6.45) is -4.49. The Kier molecular flexibility index (Phi) is 5.76. The van der Waals surface area contributed by atoms with Crippen LogP contribution in [0.5, 0.6) is 17.2 Å². The van der Waals surface area contributed by atoms with Crippen LogP contribution in [0, 0.1) is 0 Å². The van der Waals surface area contributed by atoms with Gasteiger partial charge in [0.1, 0.15) is 22.9 Å². The molecule has 0 unspecified atom stereocenters. The standard InChI is InChI=1S/C25H20F3NO4/c1-14(2)32-17-8-6-15(7-9-17)22-20-13-19(10-11-21(20)29-23(22)24(30)31)33-18-5-3-4-16(12-18)25(26,27)28/h3-14,29H,1-2H3,(H,30,31). The fourth-order valence-corrected chi connectivity index (χ4v) is 3.54. The molecule has 33 heavy (non-hydrogen) atoms. The third-order valence-electron chi connectivity index (χ3n) is 4.90. The topological polar surface area (TPSA) is 71.5 Å². The van der Waals surface area contributed by atoms with Crippen LogP contribution < -0.4 is 9.47 Å². The summed E-state index contributed by atoms with van der Waals surface area (Å²) in [6.45, 7) is 3.81. The van der Waals surface area contributed by atoms with Crippen molar-refractivity contribution in [1.82, 2.24) is 4.98 Å². The van der Waals surface area contributed by atoms with Crippen LogP contribution >= 0.6 is 0 Å². The van der Waals surface area contributed by atoms with Crippen LogP contribution in [-0.2, 0) is 6.18 Å². The second-order valence-corrected chi connectivity index (χ2v) is 7.71. The fraction of sp³-hybridized carbons (Fsp3) is 0.160. The molecule has 170 valence electrons. The Labute approximate surface area is 187 Å². The first kappa shape index (κ1) is 22.3. The largest absolute Gasteiger partial charge is 0.491 e. The summed E-state index contributed by atoms with van der Waals surface area (Å²) in [7, 11) is 0. The van der Waals surface area contributed by atoms with E-state index >= 15 is 0 Å². The van der Waals surface area contributed by atoms with Gasteiger partial charge in [-0.15, -0.1) is 0 Å². The van der Waals surface area contributed by atoms with E-state index in [9.17, 15) is 23.1 Å². The summed E-state index contributed by atoms with van der Waals surface area (Å²) in [5.74, 6) is -0.184. The number of nitrogens with one attached hydrogen (secondary N) is 1. The lowest BCUT2D eigenvalue weighted by atomic mass is 10.0. The van der Waals surface area contributed by atoms with Crippen molar-refractivity contribution in [3.63, 3.8) is 0 Å². The molecular formula is C25H20F3NO4. The zero-order chi connectivity index (χ0) is 23.8. The maximum absolute atomic E-state index is 13.0. The quantitative estimate of drug-likeness (QED) is 0.324. The maximum Gasteiger partial charge on any atom is 0.416 e. The Balaban J connectivity index is 1.75. The number of aromatic amines is 1. The van der Waals surface area contributed by atoms with Crippen molar-refractivity contribution < 1.29 is 32.5 Å². The van der Waals surface area contributed by atoms with Gasteiger partial charge in [-0.25, -0.2) is 4.79 Å². The lowest BCUT2D eigenvalue weighted by Gasteiger charge is -2.11. The van der Waals surface area contributed by atoms with E-state index in [1.54, 1.807) is 42.5 Å². The summed E-state index contributed by atoms with van der Waals surface area (Å²) < 4.78 is 50.3. The molecule has 4 rings (SSSR count). The Morgan fingerprint density at radius 3 is 2.24 bits per heavy atom. The van der Waals surface area contributed by atoms with Crippen molar-refractivity contribution in [2.24, 2.45) is 0 Å². The molecule has 4 aromatic rings. The van der Waals surface area contributed by atoms with Crippen LogP contribution in [0.4, 0.5) is 13.2 Å². The van der Waals surface area contributed by atoms with Crippen molar-refractivity contribution in [2.45, 2.75) is 26.1 Å². The normalized spacial score (nSPS) is 11.7. The van der Waals surface area contributed by atoms with Crippen molar-refractivity contribution in [1.29, 1.82) is 0 Å². The number of hydrogen-bond acceptors (Lipinski definition) is 3. The van der Waals surface area contributed by atoms with E-state index in [0.29, 0.717) is 27.8 Å². The number of alkyl halides is 3. The summed E-state index contributed by atoms with van der Waals surface area (Å²) in [4.78, 5) is 14.8. The summed E-state index contributed by atoms with van der Waals surface area (Å²) >= 11 is 0. The van der Waals surface area contributed by atoms with Crippen molar-refractivity contribution in [3.05, 3.63) is 78.0 Å². The molecule has 2 N–H and O–H groups in total. The third kappa shape index (κ3) is 4.79. The van der Waals surface area contributed by atoms with Gasteiger partial charge in [0.15, 0.2) is 0 Å². The zero-order valence-electron chi connectivity index (χ0n) is 17.7. The number of ether oxygens (including phenoxy) is 2. The molecule has 8 heteroatoms. The molecule has 0 saturated heterocycles. The number of hydrogen-bond donors (Lipinski definition) is 2. The van der Waals surface area contributed by atoms with Gasteiger partial charge in [-0.1, -0.05) is 18.2 Å². The van der Waals surface area contributed by atoms with E-state index in [4.69, 9.17) is 9.47 Å². The SMILES string of the molecule is CC(C)Oc1ccc(-c2c(C(=O)O)[nH]c3ccc(Oc4cccc(C(F)(F)F)c4)cc23)cc1. The minimum absolute atomic E-state index is 0.00116. The van der Waals surface area contributed by atoms with Crippen LogP contribution in [0.3, 0.4) is 0 Å². The number of carboxylic acids is 1. The molecule has 0 aliphatic rings. The second kappa shape index (κ2) is 8.54. The Morgan fingerprint density at radius 1 is 0.939 bits per heavy atom. The number of carboxylic acid groups (broad SMARTS) is 1. The molecule has 0 atom stereocenters. The molecule has 3 aromatic carbocycles. The van der Waals surface area contributed by atoms with E-state index in [1.165, 1.54) is 12.1 Å². The number of H-pyrrole nitrogens is 1. The van der Waals surface area contributed by atoms with Gasteiger partial charge in [-0.3, -0.25) is 0 Å². The van der Waals surface area contributed by atoms with Gasteiger partial charge in [0.25, 0.3) is 0 Å². The highest BCUT2D eigenvalue weighted by Crippen LogP contribution is 2.37. The zero-order valence-corrected chi connectivity index (χ0v) is 17.7. The van der Waals surface area contributed by atoms with Crippen molar-refractivity contribution >= 4 is 16.9 Å². The Hall–Kier alpha value is -3.94. The number of aromatic nitrogens is 1. The molecule has 0 aliphatic heterocycles. The molecule has 5 nitrogen and oxygen atoms in total. The van der Waals surface area contributed by atoms with Crippen molar-refractivity contribution in [3.8, 4) is 28.4 Å². The third-order valence-corrected chi connectivity index (χ3v) is 4.90. The Morgan fingerprint density at radius 2 is 1.61 bits per heavy atom. The lowest BCUT2D eigenvalue weighted by molar-refractivity contribution is -0.137. The van der Waals surface area contributed by atoms with E-state index in [1.807, 2.05) is 13.8 Å². The molecule has 0 saturated carbocycles. The predicted molar refractivity (Wildman–Crippen MR) is 118 cm³/mol. The molecule has 0 aliphatic carbocycles. The molecule has 1 heterocycles. The Bertz CT molecular complexity index is 1310. The molecular weight excluding hydrogens is 435 g/mol. The summed E-state index contributed by atoms with van der Waals surface area (Å²) in [5.41, 5.74) is 0.828. The van der Waals surface area contributed by atoms with E-state index < -0.39 is 17.7 Å². The number of aromatic carboxylic acids is 1. The van der Waals surface area contributed by atoms with E-state index in [2.05, 4.69) is 4.98 Å². The van der Waals surface area contributed by atoms with Gasteiger partial charge in [0.05, 0.1) is 11.7 Å². The van der Waals surface area contributed by atoms with Crippen LogP contribution in [0.15, 0.2) is 66.7 Å². The molecule has 0 radical (unpaired) electrons. The second-order valence-electron chi connectivity index (χ2n) is 7.71. The molecule has 0 spiro atoms. The van der Waals surface area contributed by atoms with Crippen LogP contribution in [0.25, 0.3) is 22.0 Å². The lowest BCUT2D eigenvalue weighted by Crippen LogP contribution is -2.05. The van der Waals surface area contributed by atoms with E-state index in [-0.39, 0.29) is 23.3 Å². The predicted octanol–water partition coefficient (Wildman–Crippen LogP) is 7.13. The highest BCUT2D eigenvalue weighted by Gasteiger charge is 2.30.